The van der Waals surface area contributed by atoms with Gasteiger partial charge >= 0.3 is 0 Å². The Labute approximate surface area is 108 Å². The van der Waals surface area contributed by atoms with Gasteiger partial charge < -0.3 is 10.6 Å². The van der Waals surface area contributed by atoms with Crippen LogP contribution in [0, 0.1) is 5.92 Å². The Balaban J connectivity index is 1.80. The van der Waals surface area contributed by atoms with Crippen molar-refractivity contribution in [2.24, 2.45) is 5.92 Å². The standard InChI is InChI=1S/C14H21N3O/c1-11(13-3-2-6-16-10-13)17-14(18)9-12-4-7-15-8-5-12/h2-3,6,10-12,15H,4-5,7-9H2,1H3,(H,17,18)/t11-/m1/s1. The number of pyridine rings is 1. The first-order valence-corrected chi connectivity index (χ1v) is 6.65. The molecule has 1 atom stereocenters. The van der Waals surface area contributed by atoms with Crippen LogP contribution in [0.1, 0.15) is 37.8 Å². The summed E-state index contributed by atoms with van der Waals surface area (Å²) in [5.74, 6) is 0.686. The summed E-state index contributed by atoms with van der Waals surface area (Å²) in [7, 11) is 0. The molecule has 1 aliphatic rings. The molecule has 1 amide bonds. The molecule has 1 fully saturated rings. The van der Waals surface area contributed by atoms with Gasteiger partial charge in [0, 0.05) is 18.8 Å². The van der Waals surface area contributed by atoms with E-state index in [1.807, 2.05) is 19.1 Å². The molecular formula is C14H21N3O. The SMILES string of the molecule is C[C@@H](NC(=O)CC1CCNCC1)c1cccnc1. The molecule has 2 N–H and O–H groups in total. The number of rotatable bonds is 4. The fraction of sp³-hybridized carbons (Fsp3) is 0.571. The number of carbonyl (C=O) groups is 1. The number of carbonyl (C=O) groups excluding carboxylic acids is 1. The normalized spacial score (nSPS) is 18.3. The molecule has 0 saturated carbocycles. The van der Waals surface area contributed by atoms with Crippen molar-refractivity contribution in [3.63, 3.8) is 0 Å². The molecule has 98 valence electrons. The van der Waals surface area contributed by atoms with Crippen molar-refractivity contribution in [2.45, 2.75) is 32.2 Å². The van der Waals surface area contributed by atoms with E-state index in [9.17, 15) is 4.79 Å². The zero-order chi connectivity index (χ0) is 12.8. The maximum Gasteiger partial charge on any atom is 0.220 e. The van der Waals surface area contributed by atoms with Gasteiger partial charge in [0.1, 0.15) is 0 Å². The minimum atomic E-state index is 0.0351. The monoisotopic (exact) mass is 247 g/mol. The summed E-state index contributed by atoms with van der Waals surface area (Å²) in [5, 5.41) is 6.36. The van der Waals surface area contributed by atoms with Crippen LogP contribution in [0.15, 0.2) is 24.5 Å². The molecule has 0 spiro atoms. The highest BCUT2D eigenvalue weighted by molar-refractivity contribution is 5.76. The van der Waals surface area contributed by atoms with Crippen molar-refractivity contribution in [1.82, 2.24) is 15.6 Å². The highest BCUT2D eigenvalue weighted by atomic mass is 16.1. The van der Waals surface area contributed by atoms with E-state index in [0.717, 1.165) is 31.5 Å². The third-order valence-electron chi connectivity index (χ3n) is 3.49. The van der Waals surface area contributed by atoms with E-state index in [1.54, 1.807) is 12.4 Å². The number of hydrogen-bond acceptors (Lipinski definition) is 3. The first-order chi connectivity index (χ1) is 8.75. The summed E-state index contributed by atoms with van der Waals surface area (Å²) in [5.41, 5.74) is 1.05. The summed E-state index contributed by atoms with van der Waals surface area (Å²) >= 11 is 0. The molecule has 18 heavy (non-hydrogen) atoms. The van der Waals surface area contributed by atoms with Crippen molar-refractivity contribution in [2.75, 3.05) is 13.1 Å². The van der Waals surface area contributed by atoms with Crippen molar-refractivity contribution >= 4 is 5.91 Å². The third-order valence-corrected chi connectivity index (χ3v) is 3.49. The molecule has 2 rings (SSSR count). The molecule has 4 heteroatoms. The van der Waals surface area contributed by atoms with E-state index in [0.29, 0.717) is 12.3 Å². The lowest BCUT2D eigenvalue weighted by Crippen LogP contribution is -2.33. The number of hydrogen-bond donors (Lipinski definition) is 2. The molecule has 1 aromatic rings. The van der Waals surface area contributed by atoms with Crippen LogP contribution in [-0.2, 0) is 4.79 Å². The smallest absolute Gasteiger partial charge is 0.220 e. The van der Waals surface area contributed by atoms with Crippen molar-refractivity contribution in [3.05, 3.63) is 30.1 Å². The topological polar surface area (TPSA) is 54.0 Å². The zero-order valence-corrected chi connectivity index (χ0v) is 10.9. The summed E-state index contributed by atoms with van der Waals surface area (Å²) in [6.45, 7) is 4.07. The van der Waals surface area contributed by atoms with Gasteiger partial charge in [-0.1, -0.05) is 6.07 Å². The molecular weight excluding hydrogens is 226 g/mol. The first kappa shape index (κ1) is 13.0. The minimum absolute atomic E-state index is 0.0351. The van der Waals surface area contributed by atoms with Gasteiger partial charge in [0.25, 0.3) is 0 Å². The van der Waals surface area contributed by atoms with Gasteiger partial charge in [-0.3, -0.25) is 9.78 Å². The van der Waals surface area contributed by atoms with Crippen LogP contribution in [0.5, 0.6) is 0 Å². The summed E-state index contributed by atoms with van der Waals surface area (Å²) in [4.78, 5) is 16.0. The predicted molar refractivity (Wildman–Crippen MR) is 71.0 cm³/mol. The second kappa shape index (κ2) is 6.50. The van der Waals surface area contributed by atoms with Gasteiger partial charge in [-0.15, -0.1) is 0 Å². The highest BCUT2D eigenvalue weighted by Crippen LogP contribution is 2.17. The largest absolute Gasteiger partial charge is 0.350 e. The quantitative estimate of drug-likeness (QED) is 0.850. The molecule has 0 bridgehead atoms. The number of aromatic nitrogens is 1. The Kier molecular flexibility index (Phi) is 4.70. The van der Waals surface area contributed by atoms with Gasteiger partial charge in [0.15, 0.2) is 0 Å². The number of amides is 1. The minimum Gasteiger partial charge on any atom is -0.350 e. The Morgan fingerprint density at radius 1 is 1.56 bits per heavy atom. The van der Waals surface area contributed by atoms with Crippen molar-refractivity contribution < 1.29 is 4.79 Å². The molecule has 4 nitrogen and oxygen atoms in total. The fourth-order valence-electron chi connectivity index (χ4n) is 2.36. The highest BCUT2D eigenvalue weighted by Gasteiger charge is 2.18. The van der Waals surface area contributed by atoms with Crippen molar-refractivity contribution in [3.8, 4) is 0 Å². The lowest BCUT2D eigenvalue weighted by molar-refractivity contribution is -0.122. The average Bonchev–Trinajstić information content (AvgIpc) is 2.40. The average molecular weight is 247 g/mol. The van der Waals surface area contributed by atoms with E-state index < -0.39 is 0 Å². The number of nitrogens with one attached hydrogen (secondary N) is 2. The second-order valence-corrected chi connectivity index (χ2v) is 4.97. The van der Waals surface area contributed by atoms with Crippen LogP contribution >= 0.6 is 0 Å². The summed E-state index contributed by atoms with van der Waals surface area (Å²) in [6, 6.07) is 3.92. The fourth-order valence-corrected chi connectivity index (χ4v) is 2.36. The molecule has 1 aliphatic heterocycles. The second-order valence-electron chi connectivity index (χ2n) is 4.97. The van der Waals surface area contributed by atoms with Crippen LogP contribution in [0.2, 0.25) is 0 Å². The number of piperidine rings is 1. The summed E-state index contributed by atoms with van der Waals surface area (Å²) < 4.78 is 0. The van der Waals surface area contributed by atoms with E-state index in [1.165, 1.54) is 0 Å². The molecule has 0 radical (unpaired) electrons. The Morgan fingerprint density at radius 3 is 3.00 bits per heavy atom. The van der Waals surface area contributed by atoms with Gasteiger partial charge in [-0.05, 0) is 50.4 Å². The molecule has 0 unspecified atom stereocenters. The first-order valence-electron chi connectivity index (χ1n) is 6.65. The van der Waals surface area contributed by atoms with Gasteiger partial charge in [0.2, 0.25) is 5.91 Å². The molecule has 0 aliphatic carbocycles. The molecule has 0 aromatic carbocycles. The van der Waals surface area contributed by atoms with Crippen molar-refractivity contribution in [1.29, 1.82) is 0 Å². The van der Waals surface area contributed by atoms with Crippen LogP contribution < -0.4 is 10.6 Å². The molecule has 1 aromatic heterocycles. The van der Waals surface area contributed by atoms with Crippen LogP contribution in [0.3, 0.4) is 0 Å². The molecule has 1 saturated heterocycles. The maximum absolute atomic E-state index is 11.9. The van der Waals surface area contributed by atoms with Crippen LogP contribution in [0.4, 0.5) is 0 Å². The Hall–Kier alpha value is -1.42. The zero-order valence-electron chi connectivity index (χ0n) is 10.9. The van der Waals surface area contributed by atoms with Gasteiger partial charge in [0.05, 0.1) is 6.04 Å². The van der Waals surface area contributed by atoms with Crippen LogP contribution in [0.25, 0.3) is 0 Å². The Morgan fingerprint density at radius 2 is 2.33 bits per heavy atom. The number of nitrogens with zero attached hydrogens (tertiary/aromatic N) is 1. The third kappa shape index (κ3) is 3.81. The Bertz CT molecular complexity index is 374. The lowest BCUT2D eigenvalue weighted by Gasteiger charge is -2.23. The van der Waals surface area contributed by atoms with E-state index in [-0.39, 0.29) is 11.9 Å². The summed E-state index contributed by atoms with van der Waals surface area (Å²) in [6.07, 6.45) is 6.40. The van der Waals surface area contributed by atoms with E-state index >= 15 is 0 Å². The van der Waals surface area contributed by atoms with Gasteiger partial charge in [-0.25, -0.2) is 0 Å². The lowest BCUT2D eigenvalue weighted by atomic mass is 9.94. The maximum atomic E-state index is 11.9. The van der Waals surface area contributed by atoms with E-state index in [4.69, 9.17) is 0 Å². The predicted octanol–water partition coefficient (Wildman–Crippen LogP) is 1.65. The molecule has 2 heterocycles. The van der Waals surface area contributed by atoms with Crippen LogP contribution in [-0.4, -0.2) is 24.0 Å². The van der Waals surface area contributed by atoms with E-state index in [2.05, 4.69) is 15.6 Å². The van der Waals surface area contributed by atoms with Gasteiger partial charge in [-0.2, -0.15) is 0 Å².